The Bertz CT molecular complexity index is 328. The molecular formula is C15H24O. The van der Waals surface area contributed by atoms with Crippen molar-refractivity contribution in [1.82, 2.24) is 0 Å². The van der Waals surface area contributed by atoms with Gasteiger partial charge in [0.2, 0.25) is 0 Å². The molecule has 0 unspecified atom stereocenters. The Hall–Kier alpha value is -0.980. The maximum Gasteiger partial charge on any atom is 0.122 e. The van der Waals surface area contributed by atoms with E-state index in [9.17, 15) is 0 Å². The van der Waals surface area contributed by atoms with E-state index >= 15 is 0 Å². The van der Waals surface area contributed by atoms with Gasteiger partial charge in [-0.3, -0.25) is 0 Å². The summed E-state index contributed by atoms with van der Waals surface area (Å²) in [5.41, 5.74) is 4.36. The maximum atomic E-state index is 5.39. The van der Waals surface area contributed by atoms with Crippen molar-refractivity contribution in [2.45, 2.75) is 52.9 Å². The van der Waals surface area contributed by atoms with Crippen LogP contribution in [0.1, 0.15) is 49.8 Å². The summed E-state index contributed by atoms with van der Waals surface area (Å²) in [6.45, 7) is 6.66. The van der Waals surface area contributed by atoms with E-state index in [0.29, 0.717) is 0 Å². The monoisotopic (exact) mass is 220 g/mol. The summed E-state index contributed by atoms with van der Waals surface area (Å²) in [4.78, 5) is 0. The molecule has 0 saturated carbocycles. The first kappa shape index (κ1) is 13.1. The third kappa shape index (κ3) is 3.01. The predicted octanol–water partition coefficient (Wildman–Crippen LogP) is 4.30. The number of hydrogen-bond donors (Lipinski definition) is 0. The third-order valence-corrected chi connectivity index (χ3v) is 3.17. The number of ether oxygens (including phenoxy) is 1. The van der Waals surface area contributed by atoms with Gasteiger partial charge in [-0.2, -0.15) is 0 Å². The van der Waals surface area contributed by atoms with Crippen LogP contribution >= 0.6 is 0 Å². The van der Waals surface area contributed by atoms with E-state index in [1.165, 1.54) is 48.8 Å². The topological polar surface area (TPSA) is 9.23 Å². The Labute approximate surface area is 99.8 Å². The first-order valence-corrected chi connectivity index (χ1v) is 6.39. The fraction of sp³-hybridized carbons (Fsp3) is 0.600. The van der Waals surface area contributed by atoms with Crippen LogP contribution in [0.15, 0.2) is 12.1 Å². The van der Waals surface area contributed by atoms with Gasteiger partial charge in [-0.05, 0) is 48.9 Å². The van der Waals surface area contributed by atoms with Gasteiger partial charge in [-0.1, -0.05) is 32.8 Å². The van der Waals surface area contributed by atoms with E-state index in [1.54, 1.807) is 7.11 Å². The highest BCUT2D eigenvalue weighted by atomic mass is 16.5. The Morgan fingerprint density at radius 3 is 2.38 bits per heavy atom. The molecule has 0 spiro atoms. The van der Waals surface area contributed by atoms with Crippen LogP contribution in [-0.4, -0.2) is 7.11 Å². The molecule has 0 aromatic heterocycles. The van der Waals surface area contributed by atoms with Gasteiger partial charge in [-0.25, -0.2) is 0 Å². The van der Waals surface area contributed by atoms with E-state index in [2.05, 4.69) is 32.9 Å². The van der Waals surface area contributed by atoms with Crippen LogP contribution in [0.25, 0.3) is 0 Å². The smallest absolute Gasteiger partial charge is 0.122 e. The van der Waals surface area contributed by atoms with Gasteiger partial charge < -0.3 is 4.74 Å². The molecule has 16 heavy (non-hydrogen) atoms. The lowest BCUT2D eigenvalue weighted by Gasteiger charge is -2.15. The van der Waals surface area contributed by atoms with E-state index in [1.807, 2.05) is 0 Å². The van der Waals surface area contributed by atoms with Crippen molar-refractivity contribution in [3.63, 3.8) is 0 Å². The minimum Gasteiger partial charge on any atom is -0.496 e. The molecule has 0 heterocycles. The van der Waals surface area contributed by atoms with E-state index < -0.39 is 0 Å². The number of hydrogen-bond acceptors (Lipinski definition) is 1. The standard InChI is InChI=1S/C15H24O/c1-5-7-9-13-10-11-15(16-4)12(3)14(13)8-6-2/h10-11H,5-9H2,1-4H3. The van der Waals surface area contributed by atoms with Crippen molar-refractivity contribution in [3.8, 4) is 5.75 Å². The summed E-state index contributed by atoms with van der Waals surface area (Å²) in [5, 5.41) is 0. The lowest BCUT2D eigenvalue weighted by atomic mass is 9.94. The quantitative estimate of drug-likeness (QED) is 0.694. The van der Waals surface area contributed by atoms with E-state index in [4.69, 9.17) is 4.74 Å². The molecule has 0 aliphatic carbocycles. The van der Waals surface area contributed by atoms with Crippen LogP contribution < -0.4 is 4.74 Å². The summed E-state index contributed by atoms with van der Waals surface area (Å²) < 4.78 is 5.39. The van der Waals surface area contributed by atoms with Crippen molar-refractivity contribution in [1.29, 1.82) is 0 Å². The molecule has 0 fully saturated rings. The van der Waals surface area contributed by atoms with Crippen molar-refractivity contribution in [3.05, 3.63) is 28.8 Å². The van der Waals surface area contributed by atoms with Crippen LogP contribution in [0.2, 0.25) is 0 Å². The van der Waals surface area contributed by atoms with Crippen LogP contribution in [-0.2, 0) is 12.8 Å². The SMILES string of the molecule is CCCCc1ccc(OC)c(C)c1CCC. The number of benzene rings is 1. The fourth-order valence-corrected chi connectivity index (χ4v) is 2.21. The second kappa shape index (κ2) is 6.57. The first-order valence-electron chi connectivity index (χ1n) is 6.39. The van der Waals surface area contributed by atoms with Crippen molar-refractivity contribution in [2.75, 3.05) is 7.11 Å². The Morgan fingerprint density at radius 1 is 1.06 bits per heavy atom. The number of unbranched alkanes of at least 4 members (excludes halogenated alkanes) is 1. The van der Waals surface area contributed by atoms with Crippen molar-refractivity contribution in [2.24, 2.45) is 0 Å². The molecule has 0 bridgehead atoms. The molecule has 0 radical (unpaired) electrons. The molecule has 1 aromatic carbocycles. The molecule has 1 heteroatoms. The molecule has 0 atom stereocenters. The van der Waals surface area contributed by atoms with Gasteiger partial charge in [0.15, 0.2) is 0 Å². The minimum absolute atomic E-state index is 1.03. The summed E-state index contributed by atoms with van der Waals surface area (Å²) in [6, 6.07) is 4.35. The Balaban J connectivity index is 3.02. The van der Waals surface area contributed by atoms with Crippen LogP contribution in [0, 0.1) is 6.92 Å². The molecule has 0 aliphatic heterocycles. The zero-order valence-corrected chi connectivity index (χ0v) is 11.1. The fourth-order valence-electron chi connectivity index (χ4n) is 2.21. The van der Waals surface area contributed by atoms with E-state index in [-0.39, 0.29) is 0 Å². The highest BCUT2D eigenvalue weighted by molar-refractivity contribution is 5.44. The molecule has 1 rings (SSSR count). The van der Waals surface area contributed by atoms with Gasteiger partial charge in [0, 0.05) is 0 Å². The zero-order chi connectivity index (χ0) is 12.0. The molecular weight excluding hydrogens is 196 g/mol. The molecule has 0 aliphatic rings. The lowest BCUT2D eigenvalue weighted by molar-refractivity contribution is 0.410. The summed E-state index contributed by atoms with van der Waals surface area (Å²) in [5.74, 6) is 1.03. The van der Waals surface area contributed by atoms with Gasteiger partial charge in [-0.15, -0.1) is 0 Å². The minimum atomic E-state index is 1.03. The zero-order valence-electron chi connectivity index (χ0n) is 11.1. The van der Waals surface area contributed by atoms with Crippen LogP contribution in [0.5, 0.6) is 5.75 Å². The second-order valence-electron chi connectivity index (χ2n) is 4.38. The molecule has 0 saturated heterocycles. The summed E-state index contributed by atoms with van der Waals surface area (Å²) in [6.07, 6.45) is 6.12. The number of rotatable bonds is 6. The van der Waals surface area contributed by atoms with Gasteiger partial charge >= 0.3 is 0 Å². The molecule has 90 valence electrons. The molecule has 0 amide bonds. The average molecular weight is 220 g/mol. The Kier molecular flexibility index (Phi) is 5.37. The van der Waals surface area contributed by atoms with Crippen molar-refractivity contribution >= 4 is 0 Å². The Morgan fingerprint density at radius 2 is 1.81 bits per heavy atom. The molecule has 0 N–H and O–H groups in total. The lowest BCUT2D eigenvalue weighted by Crippen LogP contribution is -2.00. The first-order chi connectivity index (χ1) is 7.74. The summed E-state index contributed by atoms with van der Waals surface area (Å²) in [7, 11) is 1.75. The van der Waals surface area contributed by atoms with Gasteiger partial charge in [0.25, 0.3) is 0 Å². The highest BCUT2D eigenvalue weighted by Crippen LogP contribution is 2.26. The largest absolute Gasteiger partial charge is 0.496 e. The second-order valence-corrected chi connectivity index (χ2v) is 4.38. The normalized spacial score (nSPS) is 10.5. The van der Waals surface area contributed by atoms with Gasteiger partial charge in [0.1, 0.15) is 5.75 Å². The van der Waals surface area contributed by atoms with Crippen LogP contribution in [0.3, 0.4) is 0 Å². The highest BCUT2D eigenvalue weighted by Gasteiger charge is 2.09. The molecule has 1 aromatic rings. The maximum absolute atomic E-state index is 5.39. The van der Waals surface area contributed by atoms with Crippen molar-refractivity contribution < 1.29 is 4.74 Å². The molecule has 1 nitrogen and oxygen atoms in total. The third-order valence-electron chi connectivity index (χ3n) is 3.17. The van der Waals surface area contributed by atoms with Crippen LogP contribution in [0.4, 0.5) is 0 Å². The number of aryl methyl sites for hydroxylation is 1. The van der Waals surface area contributed by atoms with Gasteiger partial charge in [0.05, 0.1) is 7.11 Å². The average Bonchev–Trinajstić information content (AvgIpc) is 2.30. The predicted molar refractivity (Wildman–Crippen MR) is 70.3 cm³/mol. The number of methoxy groups -OCH3 is 1. The summed E-state index contributed by atoms with van der Waals surface area (Å²) >= 11 is 0. The van der Waals surface area contributed by atoms with E-state index in [0.717, 1.165) is 5.75 Å².